The second-order valence-corrected chi connectivity index (χ2v) is 3.85. The van der Waals surface area contributed by atoms with Crippen molar-refractivity contribution in [2.45, 2.75) is 11.2 Å². The van der Waals surface area contributed by atoms with Gasteiger partial charge in [-0.1, -0.05) is 0 Å². The van der Waals surface area contributed by atoms with Crippen LogP contribution in [0.15, 0.2) is 23.4 Å². The average Bonchev–Trinajstić information content (AvgIpc) is 1.99. The SMILES string of the molecule is O=S(=O)([O-])c1ccc(C(F)(F)F)c[n+]1F. The fraction of sp³-hybridized carbons (Fsp3) is 0.167. The predicted molar refractivity (Wildman–Crippen MR) is 36.1 cm³/mol. The Balaban J connectivity index is 3.34. The van der Waals surface area contributed by atoms with Gasteiger partial charge in [0.05, 0.1) is 4.48 Å². The monoisotopic (exact) mass is 245 g/mol. The zero-order chi connectivity index (χ0) is 11.9. The van der Waals surface area contributed by atoms with Crippen molar-refractivity contribution in [1.29, 1.82) is 0 Å². The molecule has 0 aromatic carbocycles. The Hall–Kier alpha value is -1.22. The highest BCUT2D eigenvalue weighted by Gasteiger charge is 2.35. The zero-order valence-electron chi connectivity index (χ0n) is 6.82. The molecule has 0 aliphatic rings. The second-order valence-electron chi connectivity index (χ2n) is 2.52. The van der Waals surface area contributed by atoms with Gasteiger partial charge >= 0.3 is 11.2 Å². The molecule has 1 aromatic rings. The first-order valence-corrected chi connectivity index (χ1v) is 4.78. The molecule has 0 radical (unpaired) electrons. The number of hydrogen-bond acceptors (Lipinski definition) is 3. The van der Waals surface area contributed by atoms with E-state index in [0.717, 1.165) is 0 Å². The third-order valence-electron chi connectivity index (χ3n) is 1.45. The van der Waals surface area contributed by atoms with Gasteiger partial charge in [-0.3, -0.25) is 0 Å². The van der Waals surface area contributed by atoms with Crippen molar-refractivity contribution in [1.82, 2.24) is 0 Å². The predicted octanol–water partition coefficient (Wildman–Crippen LogP) is 0.630. The van der Waals surface area contributed by atoms with Crippen LogP contribution in [0.2, 0.25) is 0 Å². The minimum absolute atomic E-state index is 0.120. The summed E-state index contributed by atoms with van der Waals surface area (Å²) < 4.78 is 79.6. The van der Waals surface area contributed by atoms with Crippen LogP contribution in [0.3, 0.4) is 0 Å². The van der Waals surface area contributed by atoms with Crippen molar-refractivity contribution >= 4 is 10.1 Å². The Morgan fingerprint density at radius 2 is 1.80 bits per heavy atom. The van der Waals surface area contributed by atoms with Gasteiger partial charge in [0.1, 0.15) is 5.56 Å². The molecule has 9 heteroatoms. The molecule has 15 heavy (non-hydrogen) atoms. The number of halogens is 4. The van der Waals surface area contributed by atoms with E-state index in [-0.39, 0.29) is 12.3 Å². The number of nitrogens with zero attached hydrogens (tertiary/aromatic N) is 1. The van der Waals surface area contributed by atoms with Crippen molar-refractivity contribution in [3.05, 3.63) is 23.9 Å². The van der Waals surface area contributed by atoms with E-state index in [1.165, 1.54) is 0 Å². The summed E-state index contributed by atoms with van der Waals surface area (Å²) in [6.45, 7) is 0. The molecule has 0 amide bonds. The topological polar surface area (TPSA) is 61.1 Å². The van der Waals surface area contributed by atoms with E-state index in [4.69, 9.17) is 0 Å². The third kappa shape index (κ3) is 2.63. The Morgan fingerprint density at radius 3 is 2.13 bits per heavy atom. The lowest BCUT2D eigenvalue weighted by atomic mass is 10.3. The maximum Gasteiger partial charge on any atom is 0.422 e. The quantitative estimate of drug-likeness (QED) is 0.538. The van der Waals surface area contributed by atoms with Crippen molar-refractivity contribution in [2.75, 3.05) is 0 Å². The largest absolute Gasteiger partial charge is 0.739 e. The summed E-state index contributed by atoms with van der Waals surface area (Å²) in [7, 11) is -5.13. The van der Waals surface area contributed by atoms with Gasteiger partial charge in [0, 0.05) is 10.9 Å². The van der Waals surface area contributed by atoms with Gasteiger partial charge in [-0.05, 0) is 6.07 Å². The summed E-state index contributed by atoms with van der Waals surface area (Å²) in [4.78, 5) is -0.870. The van der Waals surface area contributed by atoms with Crippen LogP contribution < -0.4 is 4.79 Å². The zero-order valence-corrected chi connectivity index (χ0v) is 7.64. The van der Waals surface area contributed by atoms with Crippen LogP contribution in [0.4, 0.5) is 17.7 Å². The van der Waals surface area contributed by atoms with Crippen LogP contribution in [-0.2, 0) is 16.3 Å². The summed E-state index contributed by atoms with van der Waals surface area (Å²) >= 11 is 0. The molecule has 0 saturated carbocycles. The maximum absolute atomic E-state index is 12.7. The highest BCUT2D eigenvalue weighted by atomic mass is 32.2. The van der Waals surface area contributed by atoms with E-state index >= 15 is 0 Å². The van der Waals surface area contributed by atoms with E-state index in [1.807, 2.05) is 0 Å². The number of rotatable bonds is 1. The van der Waals surface area contributed by atoms with Gasteiger partial charge in [-0.25, -0.2) is 8.42 Å². The highest BCUT2D eigenvalue weighted by Crippen LogP contribution is 2.28. The minimum atomic E-state index is -5.13. The smallest absolute Gasteiger partial charge is 0.422 e. The van der Waals surface area contributed by atoms with Gasteiger partial charge in [-0.2, -0.15) is 13.2 Å². The van der Waals surface area contributed by atoms with Crippen LogP contribution in [0.1, 0.15) is 5.56 Å². The van der Waals surface area contributed by atoms with Crippen LogP contribution in [0.5, 0.6) is 0 Å². The molecule has 0 spiro atoms. The fourth-order valence-electron chi connectivity index (χ4n) is 0.819. The normalized spacial score (nSPS) is 12.9. The Kier molecular flexibility index (Phi) is 2.70. The summed E-state index contributed by atoms with van der Waals surface area (Å²) in [6, 6.07) is 0.562. The molecule has 0 aliphatic heterocycles. The number of pyridine rings is 1. The van der Waals surface area contributed by atoms with Gasteiger partial charge in [0.25, 0.3) is 0 Å². The Morgan fingerprint density at radius 1 is 1.27 bits per heavy atom. The standard InChI is InChI=1S/C6H3F4NO3S/c7-6(8,9)4-1-2-5(11(10)3-4)15(12,13)14/h1-3H. The Bertz CT molecular complexity index is 482. The van der Waals surface area contributed by atoms with Gasteiger partial charge in [0.2, 0.25) is 6.20 Å². The van der Waals surface area contributed by atoms with E-state index in [1.54, 1.807) is 0 Å². The van der Waals surface area contributed by atoms with Crippen LogP contribution in [-0.4, -0.2) is 13.0 Å². The molecule has 0 aliphatic carbocycles. The molecule has 1 rings (SSSR count). The van der Waals surface area contributed by atoms with Crippen LogP contribution in [0, 0.1) is 0 Å². The van der Waals surface area contributed by atoms with Gasteiger partial charge in [0.15, 0.2) is 10.1 Å². The molecular formula is C6H3F4NO3S. The first-order chi connectivity index (χ1) is 6.62. The molecule has 0 bridgehead atoms. The minimum Gasteiger partial charge on any atom is -0.739 e. The summed E-state index contributed by atoms with van der Waals surface area (Å²) in [5.74, 6) is 0. The van der Waals surface area contributed by atoms with Crippen molar-refractivity contribution < 1.29 is 35.4 Å². The van der Waals surface area contributed by atoms with E-state index in [0.29, 0.717) is 6.07 Å². The van der Waals surface area contributed by atoms with E-state index < -0.39 is 31.7 Å². The lowest BCUT2D eigenvalue weighted by Gasteiger charge is -2.05. The average molecular weight is 245 g/mol. The third-order valence-corrected chi connectivity index (χ3v) is 2.27. The first-order valence-electron chi connectivity index (χ1n) is 3.37. The van der Waals surface area contributed by atoms with Crippen molar-refractivity contribution in [3.8, 4) is 0 Å². The van der Waals surface area contributed by atoms with Crippen LogP contribution >= 0.6 is 0 Å². The Labute approximate surface area is 81.5 Å². The molecule has 84 valence electrons. The molecule has 0 fully saturated rings. The van der Waals surface area contributed by atoms with Crippen molar-refractivity contribution in [2.24, 2.45) is 0 Å². The second kappa shape index (κ2) is 3.42. The highest BCUT2D eigenvalue weighted by molar-refractivity contribution is 7.85. The van der Waals surface area contributed by atoms with Crippen molar-refractivity contribution in [3.63, 3.8) is 0 Å². The number of aromatic nitrogens is 1. The lowest BCUT2D eigenvalue weighted by molar-refractivity contribution is -0.875. The number of alkyl halides is 3. The summed E-state index contributed by atoms with van der Waals surface area (Å²) in [6.07, 6.45) is -4.93. The lowest BCUT2D eigenvalue weighted by Crippen LogP contribution is -2.32. The molecule has 0 saturated heterocycles. The molecule has 0 unspecified atom stereocenters. The molecule has 1 aromatic heterocycles. The summed E-state index contributed by atoms with van der Waals surface area (Å²) in [5, 5.41) is -1.38. The number of hydrogen-bond donors (Lipinski definition) is 0. The van der Waals surface area contributed by atoms with Gasteiger partial charge in [-0.15, -0.1) is 0 Å². The van der Waals surface area contributed by atoms with Gasteiger partial charge < -0.3 is 4.55 Å². The molecule has 0 N–H and O–H groups in total. The van der Waals surface area contributed by atoms with E-state index in [9.17, 15) is 30.6 Å². The molecular weight excluding hydrogens is 242 g/mol. The van der Waals surface area contributed by atoms with E-state index in [2.05, 4.69) is 0 Å². The fourth-order valence-corrected chi connectivity index (χ4v) is 1.32. The van der Waals surface area contributed by atoms with Crippen LogP contribution in [0.25, 0.3) is 0 Å². The maximum atomic E-state index is 12.7. The molecule has 4 nitrogen and oxygen atoms in total. The molecule has 0 atom stereocenters. The summed E-state index contributed by atoms with van der Waals surface area (Å²) in [5.41, 5.74) is -1.39. The first kappa shape index (κ1) is 11.9. The molecule has 1 heterocycles.